The number of fused-ring (bicyclic) bond motifs is 2. The minimum atomic E-state index is -3.72. The Morgan fingerprint density at radius 3 is 1.60 bits per heavy atom. The second-order valence-corrected chi connectivity index (χ2v) is 21.7. The van der Waals surface area contributed by atoms with Gasteiger partial charge in [0.25, 0.3) is 0 Å². The summed E-state index contributed by atoms with van der Waals surface area (Å²) in [5.74, 6) is 2.04. The van der Waals surface area contributed by atoms with Crippen molar-refractivity contribution in [1.82, 2.24) is 39.5 Å². The first-order valence-electron chi connectivity index (χ1n) is 22.3. The number of hydrogen-bond acceptors (Lipinski definition) is 15. The van der Waals surface area contributed by atoms with Crippen LogP contribution in [-0.4, -0.2) is 79.8 Å². The van der Waals surface area contributed by atoms with Crippen molar-refractivity contribution in [1.29, 1.82) is 0 Å². The summed E-state index contributed by atoms with van der Waals surface area (Å²) in [6.07, 6.45) is 9.24. The lowest BCUT2D eigenvalue weighted by Gasteiger charge is -2.32. The Labute approximate surface area is 422 Å². The first-order valence-corrected chi connectivity index (χ1v) is 25.4. The fraction of sp³-hybridized carbons (Fsp3) is 0.320. The molecule has 1 saturated heterocycles. The molecule has 5 heterocycles. The van der Waals surface area contributed by atoms with Crippen molar-refractivity contribution in [3.63, 3.8) is 0 Å². The quantitative estimate of drug-likeness (QED) is 0.0719. The van der Waals surface area contributed by atoms with Crippen molar-refractivity contribution in [3.05, 3.63) is 122 Å². The average Bonchev–Trinajstić information content (AvgIpc) is 4.00. The number of phenolic OH excluding ortho intramolecular Hbond substituents is 1. The molecule has 0 saturated carbocycles. The average molecular weight is 1020 g/mol. The summed E-state index contributed by atoms with van der Waals surface area (Å²) in [6.45, 7) is 18.7. The normalized spacial score (nSPS) is 13.9. The number of benzene rings is 4. The van der Waals surface area contributed by atoms with E-state index in [1.54, 1.807) is 54.9 Å². The van der Waals surface area contributed by atoms with Crippen LogP contribution < -0.4 is 26.5 Å². The number of aromatic nitrogens is 8. The highest BCUT2D eigenvalue weighted by atomic mass is 32.2. The molecule has 4 aromatic heterocycles. The summed E-state index contributed by atoms with van der Waals surface area (Å²) in [5, 5.41) is 36.2. The first-order chi connectivity index (χ1) is 32.9. The largest absolute Gasteiger partial charge is 0.516 e. The van der Waals surface area contributed by atoms with Crippen molar-refractivity contribution in [2.45, 2.75) is 104 Å². The molecule has 19 nitrogen and oxygen atoms in total. The molecular formula is C50H65BN12O7S2. The van der Waals surface area contributed by atoms with Gasteiger partial charge >= 0.3 is 7.12 Å². The van der Waals surface area contributed by atoms with Crippen molar-refractivity contribution in [2.75, 3.05) is 10.6 Å². The highest BCUT2D eigenvalue weighted by Crippen LogP contribution is 2.36. The van der Waals surface area contributed by atoms with E-state index in [4.69, 9.17) is 19.6 Å². The number of nitrogens with one attached hydrogen (secondary N) is 2. The fourth-order valence-corrected chi connectivity index (χ4v) is 8.03. The number of primary sulfonamides is 2. The molecule has 0 bridgehead atoms. The predicted octanol–water partition coefficient (Wildman–Crippen LogP) is 8.38. The number of nitrogens with zero attached hydrogens (tertiary/aromatic N) is 8. The van der Waals surface area contributed by atoms with Crippen molar-refractivity contribution in [3.8, 4) is 16.9 Å². The molecule has 8 aromatic rings. The maximum Gasteiger partial charge on any atom is 0.516 e. The number of anilines is 4. The van der Waals surface area contributed by atoms with E-state index in [1.807, 2.05) is 52.2 Å². The zero-order valence-corrected chi connectivity index (χ0v) is 41.8. The van der Waals surface area contributed by atoms with E-state index < -0.39 is 20.0 Å². The molecular weight excluding hydrogens is 956 g/mol. The minimum Gasteiger partial charge on any atom is -0.508 e. The third-order valence-electron chi connectivity index (χ3n) is 11.2. The van der Waals surface area contributed by atoms with Gasteiger partial charge < -0.3 is 25.0 Å². The Hall–Kier alpha value is -6.82. The molecule has 1 aliphatic heterocycles. The van der Waals surface area contributed by atoms with Crippen LogP contribution in [0.4, 0.5) is 23.3 Å². The van der Waals surface area contributed by atoms with Gasteiger partial charge in [0.15, 0.2) is 0 Å². The smallest absolute Gasteiger partial charge is 0.508 e. The lowest BCUT2D eigenvalue weighted by molar-refractivity contribution is 0.00578. The van der Waals surface area contributed by atoms with Crippen LogP contribution in [-0.2, 0) is 42.4 Å². The summed E-state index contributed by atoms with van der Waals surface area (Å²) < 4.78 is 60.9. The Kier molecular flexibility index (Phi) is 17.7. The molecule has 9 rings (SSSR count). The summed E-state index contributed by atoms with van der Waals surface area (Å²) >= 11 is 0. The number of nitrogens with two attached hydrogens (primary N) is 2. The summed E-state index contributed by atoms with van der Waals surface area (Å²) in [7, 11) is -7.78. The van der Waals surface area contributed by atoms with Crippen LogP contribution in [0.15, 0.2) is 132 Å². The molecule has 22 heteroatoms. The van der Waals surface area contributed by atoms with Gasteiger partial charge in [-0.3, -0.25) is 9.36 Å². The standard InChI is InChI=1S/C21H22N6O2S.C14H12N4O3S.C13H23BN2O2.2CH4/c1-14(2)12-27-13-17(11-24-27)15-3-8-20-16(9-15)10-23-21(26-20)25-18-4-6-19(7-5-18)30(22,28)29;15-22(20,21)12-4-1-10(2-5-12)17-14-16-8-9-7-11(19)3-6-13(9)18-14;1-10(2)9-16-8-7-11(15-16)14-17-12(3,4)13(5,6)18-14;;/h3-11,13-14H,12H2,1-2H3,(H2,22,28,29)(H,23,25,26);1-8,19H,(H2,15,20,21)(H,16,17,18);7-8,10H,9H2,1-6H3;2*1H4. The lowest BCUT2D eigenvalue weighted by Crippen LogP contribution is -2.41. The summed E-state index contributed by atoms with van der Waals surface area (Å²) in [5.41, 5.74) is 5.12. The van der Waals surface area contributed by atoms with Crippen molar-refractivity contribution < 1.29 is 31.3 Å². The van der Waals surface area contributed by atoms with Crippen LogP contribution in [0.2, 0.25) is 0 Å². The Morgan fingerprint density at radius 1 is 0.639 bits per heavy atom. The fourth-order valence-electron chi connectivity index (χ4n) is 7.00. The van der Waals surface area contributed by atoms with Crippen molar-refractivity contribution in [2.24, 2.45) is 22.1 Å². The van der Waals surface area contributed by atoms with Crippen LogP contribution in [0.1, 0.15) is 70.2 Å². The molecule has 0 aliphatic carbocycles. The maximum absolute atomic E-state index is 11.4. The predicted molar refractivity (Wildman–Crippen MR) is 285 cm³/mol. The minimum absolute atomic E-state index is 0. The van der Waals surface area contributed by atoms with Gasteiger partial charge in [0.2, 0.25) is 31.9 Å². The number of sulfonamides is 2. The van der Waals surface area contributed by atoms with Crippen LogP contribution in [0.3, 0.4) is 0 Å². The molecule has 72 heavy (non-hydrogen) atoms. The zero-order chi connectivity index (χ0) is 50.6. The zero-order valence-electron chi connectivity index (χ0n) is 40.1. The van der Waals surface area contributed by atoms with E-state index >= 15 is 0 Å². The van der Waals surface area contributed by atoms with Crippen molar-refractivity contribution >= 4 is 77.8 Å². The van der Waals surface area contributed by atoms with E-state index in [2.05, 4.69) is 96.2 Å². The molecule has 382 valence electrons. The van der Waals surface area contributed by atoms with E-state index in [1.165, 1.54) is 24.3 Å². The van der Waals surface area contributed by atoms with Gasteiger partial charge in [-0.05, 0) is 130 Å². The van der Waals surface area contributed by atoms with Gasteiger partial charge in [-0.25, -0.2) is 47.0 Å². The molecule has 7 N–H and O–H groups in total. The highest BCUT2D eigenvalue weighted by Gasteiger charge is 2.52. The van der Waals surface area contributed by atoms with Gasteiger partial charge in [-0.1, -0.05) is 48.6 Å². The first kappa shape index (κ1) is 56.1. The maximum atomic E-state index is 11.4. The SMILES string of the molecule is C.C.CC(C)Cn1cc(-c2ccc3nc(Nc4ccc(S(N)(=O)=O)cc4)ncc3c2)cn1.CC(C)Cn1ccc(B2OC(C)(C)C(C)(C)O2)n1.NS(=O)(=O)c1ccc(Nc2ncc3cc(O)ccc3n2)cc1. The van der Waals surface area contributed by atoms with Gasteiger partial charge in [0, 0.05) is 65.6 Å². The Balaban J connectivity index is 0.000000205. The number of hydrogen-bond donors (Lipinski definition) is 5. The number of phenols is 1. The number of rotatable bonds is 12. The monoisotopic (exact) mass is 1020 g/mol. The molecule has 0 spiro atoms. The van der Waals surface area contributed by atoms with Crippen LogP contribution in [0, 0.1) is 11.8 Å². The second kappa shape index (κ2) is 22.7. The van der Waals surface area contributed by atoms with Gasteiger partial charge in [0.1, 0.15) is 5.75 Å². The van der Waals surface area contributed by atoms with Crippen LogP contribution in [0.5, 0.6) is 5.75 Å². The van der Waals surface area contributed by atoms with E-state index in [0.29, 0.717) is 40.6 Å². The lowest BCUT2D eigenvalue weighted by atomic mass is 9.85. The van der Waals surface area contributed by atoms with Gasteiger partial charge in [-0.2, -0.15) is 10.2 Å². The highest BCUT2D eigenvalue weighted by molar-refractivity contribution is 7.89. The van der Waals surface area contributed by atoms with Gasteiger partial charge in [0.05, 0.1) is 43.8 Å². The van der Waals surface area contributed by atoms with Crippen LogP contribution in [0.25, 0.3) is 32.9 Å². The summed E-state index contributed by atoms with van der Waals surface area (Å²) in [6, 6.07) is 24.8. The van der Waals surface area contributed by atoms with E-state index in [0.717, 1.165) is 46.1 Å². The summed E-state index contributed by atoms with van der Waals surface area (Å²) in [4.78, 5) is 17.4. The molecule has 1 fully saturated rings. The van der Waals surface area contributed by atoms with E-state index in [-0.39, 0.29) is 48.7 Å². The third-order valence-corrected chi connectivity index (χ3v) is 13.1. The Bertz CT molecular complexity index is 3310. The molecule has 0 amide bonds. The molecule has 0 atom stereocenters. The van der Waals surface area contributed by atoms with E-state index in [9.17, 15) is 21.9 Å². The topological polar surface area (TPSA) is 270 Å². The molecule has 1 aliphatic rings. The Morgan fingerprint density at radius 2 is 1.11 bits per heavy atom. The molecule has 0 unspecified atom stereocenters. The second-order valence-electron chi connectivity index (χ2n) is 18.6. The number of aromatic hydroxyl groups is 1. The van der Waals surface area contributed by atoms with Crippen LogP contribution >= 0.6 is 0 Å². The third kappa shape index (κ3) is 14.4. The van der Waals surface area contributed by atoms with Gasteiger partial charge in [-0.15, -0.1) is 0 Å². The molecule has 4 aromatic carbocycles. The molecule has 0 radical (unpaired) electrons.